The van der Waals surface area contributed by atoms with Gasteiger partial charge in [0.15, 0.2) is 5.78 Å². The summed E-state index contributed by atoms with van der Waals surface area (Å²) in [5.74, 6) is -0.537. The maximum atomic E-state index is 12.2. The van der Waals surface area contributed by atoms with E-state index in [0.29, 0.717) is 16.8 Å². The second-order valence-electron chi connectivity index (χ2n) is 6.13. The van der Waals surface area contributed by atoms with Crippen LogP contribution < -0.4 is 10.6 Å². The molecule has 25 heavy (non-hydrogen) atoms. The summed E-state index contributed by atoms with van der Waals surface area (Å²) in [4.78, 5) is 36.5. The molecule has 1 fully saturated rings. The molecule has 0 bridgehead atoms. The molecule has 0 unspecified atom stereocenters. The predicted octanol–water partition coefficient (Wildman–Crippen LogP) is 3.18. The number of hydrogen-bond acceptors (Lipinski definition) is 3. The van der Waals surface area contributed by atoms with Crippen LogP contribution in [0, 0.1) is 0 Å². The minimum absolute atomic E-state index is 0.0736. The third-order valence-electron chi connectivity index (χ3n) is 4.03. The van der Waals surface area contributed by atoms with Crippen LogP contribution in [0.4, 0.5) is 5.69 Å². The van der Waals surface area contributed by atoms with Gasteiger partial charge >= 0.3 is 0 Å². The highest BCUT2D eigenvalue weighted by Crippen LogP contribution is 2.21. The lowest BCUT2D eigenvalue weighted by atomic mass is 10.1. The topological polar surface area (TPSA) is 75.3 Å². The van der Waals surface area contributed by atoms with Crippen molar-refractivity contribution in [2.75, 3.05) is 5.32 Å². The van der Waals surface area contributed by atoms with E-state index in [0.717, 1.165) is 12.8 Å². The van der Waals surface area contributed by atoms with Gasteiger partial charge in [0.2, 0.25) is 5.91 Å². The number of nitrogens with one attached hydrogen (secondary N) is 2. The number of carbonyl (C=O) groups is 3. The minimum atomic E-state index is -0.282. The number of amides is 2. The molecule has 2 N–H and O–H groups in total. The Morgan fingerprint density at radius 1 is 0.880 bits per heavy atom. The van der Waals surface area contributed by atoms with E-state index in [-0.39, 0.29) is 36.5 Å². The number of benzene rings is 2. The van der Waals surface area contributed by atoms with Crippen molar-refractivity contribution in [2.45, 2.75) is 31.7 Å². The smallest absolute Gasteiger partial charge is 0.253 e. The number of Topliss-reactive ketones (excluding diaryl/α,β-unsaturated/α-hetero) is 1. The molecule has 0 saturated heterocycles. The number of ketones is 1. The summed E-state index contributed by atoms with van der Waals surface area (Å²) < 4.78 is 0. The number of carbonyl (C=O) groups excluding carboxylic acids is 3. The van der Waals surface area contributed by atoms with E-state index in [1.165, 1.54) is 0 Å². The molecule has 128 valence electrons. The fraction of sp³-hybridized carbons (Fsp3) is 0.250. The van der Waals surface area contributed by atoms with Crippen LogP contribution in [0.25, 0.3) is 0 Å². The summed E-state index contributed by atoms with van der Waals surface area (Å²) in [6.07, 6.45) is 2.21. The van der Waals surface area contributed by atoms with Crippen LogP contribution in [0.15, 0.2) is 54.6 Å². The zero-order chi connectivity index (χ0) is 17.6. The monoisotopic (exact) mass is 336 g/mol. The molecular formula is C20H20N2O3. The molecule has 0 heterocycles. The molecule has 1 aliphatic rings. The van der Waals surface area contributed by atoms with Gasteiger partial charge in [0, 0.05) is 24.4 Å². The van der Waals surface area contributed by atoms with Crippen LogP contribution >= 0.6 is 0 Å². The number of anilines is 1. The van der Waals surface area contributed by atoms with Gasteiger partial charge in [-0.05, 0) is 25.0 Å². The van der Waals surface area contributed by atoms with Crippen LogP contribution in [0.5, 0.6) is 0 Å². The van der Waals surface area contributed by atoms with Gasteiger partial charge in [0.25, 0.3) is 5.91 Å². The Morgan fingerprint density at radius 3 is 2.28 bits per heavy atom. The Morgan fingerprint density at radius 2 is 1.56 bits per heavy atom. The summed E-state index contributed by atoms with van der Waals surface area (Å²) in [6, 6.07) is 16.0. The fourth-order valence-corrected chi connectivity index (χ4v) is 2.49. The maximum Gasteiger partial charge on any atom is 0.253 e. The first-order valence-corrected chi connectivity index (χ1v) is 8.41. The third-order valence-corrected chi connectivity index (χ3v) is 4.03. The largest absolute Gasteiger partial charge is 0.349 e. The van der Waals surface area contributed by atoms with Crippen LogP contribution in [0.2, 0.25) is 0 Å². The maximum absolute atomic E-state index is 12.2. The van der Waals surface area contributed by atoms with Gasteiger partial charge in [-0.15, -0.1) is 0 Å². The van der Waals surface area contributed by atoms with E-state index in [1.807, 2.05) is 6.07 Å². The molecule has 0 radical (unpaired) electrons. The summed E-state index contributed by atoms with van der Waals surface area (Å²) >= 11 is 0. The van der Waals surface area contributed by atoms with Crippen molar-refractivity contribution in [1.29, 1.82) is 0 Å². The Balaban J connectivity index is 1.57. The lowest BCUT2D eigenvalue weighted by Crippen LogP contribution is -2.27. The van der Waals surface area contributed by atoms with Crippen molar-refractivity contribution in [3.63, 3.8) is 0 Å². The second-order valence-corrected chi connectivity index (χ2v) is 6.13. The molecule has 0 spiro atoms. The van der Waals surface area contributed by atoms with Crippen molar-refractivity contribution in [2.24, 2.45) is 0 Å². The van der Waals surface area contributed by atoms with Gasteiger partial charge in [-0.1, -0.05) is 42.5 Å². The van der Waals surface area contributed by atoms with E-state index >= 15 is 0 Å². The SMILES string of the molecule is O=C(CCC(=O)c1ccccc1)Nc1ccccc1C(=O)NC1CC1. The predicted molar refractivity (Wildman–Crippen MR) is 95.6 cm³/mol. The standard InChI is InChI=1S/C20H20N2O3/c23-18(14-6-2-1-3-7-14)12-13-19(24)22-17-9-5-4-8-16(17)20(25)21-15-10-11-15/h1-9,15H,10-13H2,(H,21,25)(H,22,24). The summed E-state index contributed by atoms with van der Waals surface area (Å²) in [7, 11) is 0. The number of rotatable bonds is 7. The van der Waals surface area contributed by atoms with Gasteiger partial charge in [0.1, 0.15) is 0 Å². The Kier molecular flexibility index (Phi) is 5.23. The average Bonchev–Trinajstić information content (AvgIpc) is 3.45. The van der Waals surface area contributed by atoms with Gasteiger partial charge in [-0.3, -0.25) is 14.4 Å². The first-order valence-electron chi connectivity index (χ1n) is 8.41. The fourth-order valence-electron chi connectivity index (χ4n) is 2.49. The molecule has 3 rings (SSSR count). The normalized spacial score (nSPS) is 13.1. The highest BCUT2D eigenvalue weighted by atomic mass is 16.2. The molecule has 1 saturated carbocycles. The molecule has 5 heteroatoms. The van der Waals surface area contributed by atoms with Gasteiger partial charge in [0.05, 0.1) is 11.3 Å². The first kappa shape index (κ1) is 16.9. The van der Waals surface area contributed by atoms with E-state index in [1.54, 1.807) is 48.5 Å². The average molecular weight is 336 g/mol. The third kappa shape index (κ3) is 4.76. The molecule has 2 aromatic rings. The number of hydrogen-bond donors (Lipinski definition) is 2. The van der Waals surface area contributed by atoms with Crippen LogP contribution in [0.1, 0.15) is 46.4 Å². The summed E-state index contributed by atoms with van der Waals surface area (Å²) in [5.41, 5.74) is 1.51. The zero-order valence-electron chi connectivity index (χ0n) is 13.8. The van der Waals surface area contributed by atoms with Gasteiger partial charge < -0.3 is 10.6 Å². The summed E-state index contributed by atoms with van der Waals surface area (Å²) in [5, 5.41) is 5.65. The molecule has 2 aromatic carbocycles. The van der Waals surface area contributed by atoms with Gasteiger partial charge in [-0.25, -0.2) is 0 Å². The first-order chi connectivity index (χ1) is 12.1. The minimum Gasteiger partial charge on any atom is -0.349 e. The lowest BCUT2D eigenvalue weighted by molar-refractivity contribution is -0.116. The molecular weight excluding hydrogens is 316 g/mol. The Hall–Kier alpha value is -2.95. The molecule has 5 nitrogen and oxygen atoms in total. The second kappa shape index (κ2) is 7.75. The highest BCUT2D eigenvalue weighted by Gasteiger charge is 2.25. The van der Waals surface area contributed by atoms with E-state index in [2.05, 4.69) is 10.6 Å². The van der Waals surface area contributed by atoms with Crippen LogP contribution in [-0.2, 0) is 4.79 Å². The quantitative estimate of drug-likeness (QED) is 0.763. The molecule has 1 aliphatic carbocycles. The summed E-state index contributed by atoms with van der Waals surface area (Å²) in [6.45, 7) is 0. The molecule has 0 atom stereocenters. The van der Waals surface area contributed by atoms with Crippen LogP contribution in [0.3, 0.4) is 0 Å². The number of para-hydroxylation sites is 1. The van der Waals surface area contributed by atoms with Crippen molar-refractivity contribution in [3.05, 3.63) is 65.7 Å². The van der Waals surface area contributed by atoms with E-state index in [9.17, 15) is 14.4 Å². The van der Waals surface area contributed by atoms with Crippen LogP contribution in [-0.4, -0.2) is 23.6 Å². The van der Waals surface area contributed by atoms with Crippen molar-refractivity contribution < 1.29 is 14.4 Å². The molecule has 0 aliphatic heterocycles. The molecule has 2 amide bonds. The van der Waals surface area contributed by atoms with Gasteiger partial charge in [-0.2, -0.15) is 0 Å². The Bertz CT molecular complexity index is 783. The van der Waals surface area contributed by atoms with Crippen molar-refractivity contribution in [3.8, 4) is 0 Å². The lowest BCUT2D eigenvalue weighted by Gasteiger charge is -2.11. The molecule has 0 aromatic heterocycles. The van der Waals surface area contributed by atoms with E-state index < -0.39 is 0 Å². The highest BCUT2D eigenvalue weighted by molar-refractivity contribution is 6.05. The van der Waals surface area contributed by atoms with Crippen molar-refractivity contribution >= 4 is 23.3 Å². The zero-order valence-corrected chi connectivity index (χ0v) is 13.8. The van der Waals surface area contributed by atoms with E-state index in [4.69, 9.17) is 0 Å². The Labute approximate surface area is 146 Å². The van der Waals surface area contributed by atoms with Crippen molar-refractivity contribution in [1.82, 2.24) is 5.32 Å².